The van der Waals surface area contributed by atoms with E-state index in [1.165, 1.54) is 0 Å². The number of amides is 1. The molecular formula is C10H21N3O2. The summed E-state index contributed by atoms with van der Waals surface area (Å²) in [4.78, 5) is 11.7. The minimum absolute atomic E-state index is 0.0108. The van der Waals surface area contributed by atoms with Gasteiger partial charge < -0.3 is 16.3 Å². The topological polar surface area (TPSA) is 87.7 Å². The van der Waals surface area contributed by atoms with Gasteiger partial charge in [0.1, 0.15) is 5.41 Å². The van der Waals surface area contributed by atoms with Crippen LogP contribution >= 0.6 is 0 Å². The molecule has 0 rings (SSSR count). The van der Waals surface area contributed by atoms with Crippen molar-refractivity contribution in [3.63, 3.8) is 0 Å². The third kappa shape index (κ3) is 4.18. The number of carbonyl (C=O) groups is 1. The second kappa shape index (κ2) is 4.51. The van der Waals surface area contributed by atoms with Gasteiger partial charge >= 0.3 is 0 Å². The van der Waals surface area contributed by atoms with E-state index in [2.05, 4.69) is 10.5 Å². The maximum atomic E-state index is 11.7. The van der Waals surface area contributed by atoms with Gasteiger partial charge in [0.25, 0.3) is 0 Å². The first kappa shape index (κ1) is 13.7. The predicted octanol–water partition coefficient (Wildman–Crippen LogP) is 0.921. The van der Waals surface area contributed by atoms with Crippen LogP contribution in [0.2, 0.25) is 0 Å². The zero-order valence-corrected chi connectivity index (χ0v) is 10.1. The molecule has 0 aromatic rings. The van der Waals surface area contributed by atoms with E-state index in [9.17, 15) is 4.79 Å². The zero-order chi connectivity index (χ0) is 12.3. The highest BCUT2D eigenvalue weighted by Gasteiger charge is 2.33. The second-order valence-corrected chi connectivity index (χ2v) is 5.35. The summed E-state index contributed by atoms with van der Waals surface area (Å²) >= 11 is 0. The molecule has 0 aliphatic heterocycles. The Bertz CT molecular complexity index is 264. The molecule has 4 N–H and O–H groups in total. The van der Waals surface area contributed by atoms with Crippen molar-refractivity contribution in [3.05, 3.63) is 0 Å². The van der Waals surface area contributed by atoms with Gasteiger partial charge in [0, 0.05) is 6.54 Å². The van der Waals surface area contributed by atoms with Crippen molar-refractivity contribution in [2.75, 3.05) is 6.54 Å². The number of amidine groups is 1. The third-order valence-corrected chi connectivity index (χ3v) is 2.10. The molecule has 0 aliphatic rings. The van der Waals surface area contributed by atoms with Crippen molar-refractivity contribution < 1.29 is 10.0 Å². The summed E-state index contributed by atoms with van der Waals surface area (Å²) < 4.78 is 0. The van der Waals surface area contributed by atoms with Crippen molar-refractivity contribution in [1.29, 1.82) is 0 Å². The first-order chi connectivity index (χ1) is 6.61. The number of nitrogens with two attached hydrogens (primary N) is 1. The van der Waals surface area contributed by atoms with Gasteiger partial charge in [-0.15, -0.1) is 0 Å². The smallest absolute Gasteiger partial charge is 0.233 e. The monoisotopic (exact) mass is 215 g/mol. The Hall–Kier alpha value is -1.26. The van der Waals surface area contributed by atoms with Gasteiger partial charge in [-0.3, -0.25) is 4.79 Å². The van der Waals surface area contributed by atoms with Gasteiger partial charge in [-0.25, -0.2) is 0 Å². The lowest BCUT2D eigenvalue weighted by Crippen LogP contribution is -2.47. The quantitative estimate of drug-likeness (QED) is 0.283. The Morgan fingerprint density at radius 1 is 1.33 bits per heavy atom. The predicted molar refractivity (Wildman–Crippen MR) is 59.7 cm³/mol. The number of oxime groups is 1. The van der Waals surface area contributed by atoms with Gasteiger partial charge in [0.15, 0.2) is 5.84 Å². The van der Waals surface area contributed by atoms with E-state index in [1.54, 1.807) is 13.8 Å². The third-order valence-electron chi connectivity index (χ3n) is 2.10. The van der Waals surface area contributed by atoms with E-state index in [-0.39, 0.29) is 17.2 Å². The lowest BCUT2D eigenvalue weighted by molar-refractivity contribution is -0.126. The molecule has 0 heterocycles. The molecule has 0 aromatic heterocycles. The highest BCUT2D eigenvalue weighted by Crippen LogP contribution is 2.17. The van der Waals surface area contributed by atoms with Crippen LogP contribution in [0.1, 0.15) is 34.6 Å². The molecule has 0 aromatic carbocycles. The molecule has 0 saturated heterocycles. The molecule has 0 unspecified atom stereocenters. The fraction of sp³-hybridized carbons (Fsp3) is 0.800. The minimum Gasteiger partial charge on any atom is -0.409 e. The van der Waals surface area contributed by atoms with E-state index in [1.807, 2.05) is 20.8 Å². The summed E-state index contributed by atoms with van der Waals surface area (Å²) in [5.74, 6) is -0.332. The van der Waals surface area contributed by atoms with Gasteiger partial charge in [-0.05, 0) is 19.3 Å². The summed E-state index contributed by atoms with van der Waals surface area (Å²) in [5.41, 5.74) is 4.45. The van der Waals surface area contributed by atoms with Crippen molar-refractivity contribution >= 4 is 11.7 Å². The second-order valence-electron chi connectivity index (χ2n) is 5.35. The molecule has 0 atom stereocenters. The molecule has 0 spiro atoms. The van der Waals surface area contributed by atoms with Crippen LogP contribution in [0.25, 0.3) is 0 Å². The minimum atomic E-state index is -0.986. The number of hydrogen-bond acceptors (Lipinski definition) is 3. The lowest BCUT2D eigenvalue weighted by Gasteiger charge is -2.25. The molecule has 5 nitrogen and oxygen atoms in total. The number of nitrogens with one attached hydrogen (secondary N) is 1. The molecule has 1 amide bonds. The van der Waals surface area contributed by atoms with Gasteiger partial charge in [0.05, 0.1) is 0 Å². The first-order valence-electron chi connectivity index (χ1n) is 4.87. The summed E-state index contributed by atoms with van der Waals surface area (Å²) in [6, 6.07) is 0. The Balaban J connectivity index is 4.46. The van der Waals surface area contributed by atoms with Crippen molar-refractivity contribution in [3.8, 4) is 0 Å². The molecule has 0 bridgehead atoms. The van der Waals surface area contributed by atoms with Crippen LogP contribution in [0.4, 0.5) is 0 Å². The Morgan fingerprint density at radius 2 is 1.80 bits per heavy atom. The van der Waals surface area contributed by atoms with Crippen LogP contribution in [0.5, 0.6) is 0 Å². The highest BCUT2D eigenvalue weighted by molar-refractivity contribution is 6.05. The van der Waals surface area contributed by atoms with E-state index in [0.717, 1.165) is 0 Å². The SMILES string of the molecule is CC(C)(C)CNC(=O)C(C)(C)C(N)=NO. The molecule has 0 fully saturated rings. The van der Waals surface area contributed by atoms with Gasteiger partial charge in [-0.1, -0.05) is 25.9 Å². The Kier molecular flexibility index (Phi) is 4.13. The molecule has 0 aliphatic carbocycles. The van der Waals surface area contributed by atoms with E-state index >= 15 is 0 Å². The normalized spacial score (nSPS) is 13.8. The zero-order valence-electron chi connectivity index (χ0n) is 10.1. The number of carbonyl (C=O) groups excluding carboxylic acids is 1. The van der Waals surface area contributed by atoms with Crippen molar-refractivity contribution in [1.82, 2.24) is 5.32 Å². The molecule has 5 heteroatoms. The fourth-order valence-electron chi connectivity index (χ4n) is 0.808. The molecule has 88 valence electrons. The number of rotatable bonds is 3. The van der Waals surface area contributed by atoms with Crippen LogP contribution in [-0.4, -0.2) is 23.5 Å². The van der Waals surface area contributed by atoms with Gasteiger partial charge in [0.2, 0.25) is 5.91 Å². The average Bonchev–Trinajstić information content (AvgIpc) is 2.11. The average molecular weight is 215 g/mol. The maximum absolute atomic E-state index is 11.7. The molecule has 0 saturated carbocycles. The summed E-state index contributed by atoms with van der Waals surface area (Å²) in [7, 11) is 0. The van der Waals surface area contributed by atoms with Crippen molar-refractivity contribution in [2.45, 2.75) is 34.6 Å². The highest BCUT2D eigenvalue weighted by atomic mass is 16.4. The van der Waals surface area contributed by atoms with Crippen LogP contribution in [0.3, 0.4) is 0 Å². The van der Waals surface area contributed by atoms with Crippen molar-refractivity contribution in [2.24, 2.45) is 21.7 Å². The molecule has 15 heavy (non-hydrogen) atoms. The Morgan fingerprint density at radius 3 is 2.13 bits per heavy atom. The van der Waals surface area contributed by atoms with E-state index in [4.69, 9.17) is 10.9 Å². The largest absolute Gasteiger partial charge is 0.409 e. The maximum Gasteiger partial charge on any atom is 0.233 e. The summed E-state index contributed by atoms with van der Waals surface area (Å²) in [6.45, 7) is 9.82. The summed E-state index contributed by atoms with van der Waals surface area (Å²) in [6.07, 6.45) is 0. The van der Waals surface area contributed by atoms with Crippen LogP contribution in [0, 0.1) is 10.8 Å². The van der Waals surface area contributed by atoms with Crippen LogP contribution in [-0.2, 0) is 4.79 Å². The molecule has 0 radical (unpaired) electrons. The first-order valence-corrected chi connectivity index (χ1v) is 4.87. The molecular weight excluding hydrogens is 194 g/mol. The standard InChI is InChI=1S/C10H21N3O2/c1-9(2,3)6-12-8(14)10(4,5)7(11)13-15/h15H,6H2,1-5H3,(H2,11,13)(H,12,14). The number of hydrogen-bond donors (Lipinski definition) is 3. The van der Waals surface area contributed by atoms with Crippen LogP contribution < -0.4 is 11.1 Å². The Labute approximate surface area is 90.7 Å². The lowest BCUT2D eigenvalue weighted by atomic mass is 9.89. The van der Waals surface area contributed by atoms with E-state index in [0.29, 0.717) is 6.54 Å². The van der Waals surface area contributed by atoms with Gasteiger partial charge in [-0.2, -0.15) is 0 Å². The number of nitrogens with zero attached hydrogens (tertiary/aromatic N) is 1. The van der Waals surface area contributed by atoms with Crippen LogP contribution in [0.15, 0.2) is 5.16 Å². The summed E-state index contributed by atoms with van der Waals surface area (Å²) in [5, 5.41) is 14.2. The van der Waals surface area contributed by atoms with E-state index < -0.39 is 5.41 Å². The fourth-order valence-corrected chi connectivity index (χ4v) is 0.808.